The van der Waals surface area contributed by atoms with Gasteiger partial charge < -0.3 is 10.6 Å². The van der Waals surface area contributed by atoms with Crippen LogP contribution in [-0.4, -0.2) is 35.0 Å². The Labute approximate surface area is 120 Å². The van der Waals surface area contributed by atoms with Gasteiger partial charge in [0.15, 0.2) is 0 Å². The van der Waals surface area contributed by atoms with Crippen LogP contribution in [0.5, 0.6) is 0 Å². The second-order valence-electron chi connectivity index (χ2n) is 4.51. The number of hydrogen-bond donors (Lipinski definition) is 2. The number of carbonyl (C=O) groups is 1. The highest BCUT2D eigenvalue weighted by Gasteiger charge is 2.16. The van der Waals surface area contributed by atoms with E-state index in [-0.39, 0.29) is 5.91 Å². The molecule has 1 fully saturated rings. The minimum Gasteiger partial charge on any atom is -0.326 e. The maximum Gasteiger partial charge on any atom is 0.225 e. The van der Waals surface area contributed by atoms with E-state index >= 15 is 0 Å². The highest BCUT2D eigenvalue weighted by atomic mass is 32.2. The van der Waals surface area contributed by atoms with Crippen molar-refractivity contribution < 1.29 is 4.79 Å². The van der Waals surface area contributed by atoms with Crippen LogP contribution in [0.4, 0.5) is 5.69 Å². The first kappa shape index (κ1) is 12.9. The van der Waals surface area contributed by atoms with E-state index in [2.05, 4.69) is 15.6 Å². The lowest BCUT2D eigenvalue weighted by atomic mass is 10.2. The summed E-state index contributed by atoms with van der Waals surface area (Å²) in [6.07, 6.45) is 0.535. The first-order valence-corrected chi connectivity index (χ1v) is 8.29. The molecule has 0 bridgehead atoms. The molecule has 1 aromatic heterocycles. The number of nitrogens with zero attached hydrogens (tertiary/aromatic N) is 1. The summed E-state index contributed by atoms with van der Waals surface area (Å²) < 4.78 is 1.10. The number of aromatic nitrogens is 1. The average molecular weight is 293 g/mol. The second kappa shape index (κ2) is 5.90. The topological polar surface area (TPSA) is 54.0 Å². The molecule has 1 aromatic carbocycles. The number of thioether (sulfide) groups is 1. The van der Waals surface area contributed by atoms with Gasteiger partial charge in [-0.3, -0.25) is 4.79 Å². The normalized spacial score (nSPS) is 19.5. The van der Waals surface area contributed by atoms with Crippen LogP contribution in [0.15, 0.2) is 23.7 Å². The van der Waals surface area contributed by atoms with Gasteiger partial charge in [-0.05, 0) is 18.2 Å². The minimum absolute atomic E-state index is 0.0730. The molecular formula is C13H15N3OS2. The highest BCUT2D eigenvalue weighted by Crippen LogP contribution is 2.22. The van der Waals surface area contributed by atoms with Crippen molar-refractivity contribution in [3.05, 3.63) is 23.7 Å². The van der Waals surface area contributed by atoms with Crippen LogP contribution in [0.3, 0.4) is 0 Å². The molecule has 1 atom stereocenters. The number of benzene rings is 1. The first-order valence-electron chi connectivity index (χ1n) is 6.25. The van der Waals surface area contributed by atoms with Crippen LogP contribution in [0.1, 0.15) is 6.42 Å². The molecule has 19 heavy (non-hydrogen) atoms. The third-order valence-electron chi connectivity index (χ3n) is 3.05. The summed E-state index contributed by atoms with van der Waals surface area (Å²) >= 11 is 3.49. The zero-order valence-corrected chi connectivity index (χ0v) is 12.0. The van der Waals surface area contributed by atoms with Crippen molar-refractivity contribution in [2.24, 2.45) is 0 Å². The van der Waals surface area contributed by atoms with Crippen molar-refractivity contribution in [2.45, 2.75) is 12.5 Å². The van der Waals surface area contributed by atoms with Crippen molar-refractivity contribution in [1.82, 2.24) is 10.3 Å². The number of thiazole rings is 1. The number of hydrogen-bond acceptors (Lipinski definition) is 5. The minimum atomic E-state index is 0.0730. The van der Waals surface area contributed by atoms with Crippen molar-refractivity contribution in [2.75, 3.05) is 23.4 Å². The molecule has 3 rings (SSSR count). The number of fused-ring (bicyclic) bond motifs is 1. The lowest BCUT2D eigenvalue weighted by molar-refractivity contribution is -0.116. The molecule has 1 aliphatic heterocycles. The van der Waals surface area contributed by atoms with Crippen molar-refractivity contribution in [1.29, 1.82) is 0 Å². The van der Waals surface area contributed by atoms with Crippen molar-refractivity contribution in [3.8, 4) is 0 Å². The van der Waals surface area contributed by atoms with E-state index < -0.39 is 0 Å². The van der Waals surface area contributed by atoms with Crippen LogP contribution in [0.2, 0.25) is 0 Å². The maximum absolute atomic E-state index is 12.0. The molecule has 2 heterocycles. The SMILES string of the molecule is O=C(CC1CSCCN1)Nc1ccc2ncsc2c1. The fourth-order valence-electron chi connectivity index (χ4n) is 2.12. The smallest absolute Gasteiger partial charge is 0.225 e. The van der Waals surface area contributed by atoms with Crippen LogP contribution in [0, 0.1) is 0 Å². The Morgan fingerprint density at radius 3 is 3.32 bits per heavy atom. The number of rotatable bonds is 3. The first-order chi connectivity index (χ1) is 9.31. The number of anilines is 1. The lowest BCUT2D eigenvalue weighted by Gasteiger charge is -2.22. The van der Waals surface area contributed by atoms with Gasteiger partial charge in [0.2, 0.25) is 5.91 Å². The summed E-state index contributed by atoms with van der Waals surface area (Å²) in [4.78, 5) is 16.2. The van der Waals surface area contributed by atoms with Gasteiger partial charge in [0.1, 0.15) is 0 Å². The predicted octanol–water partition coefficient (Wildman–Crippen LogP) is 2.33. The molecular weight excluding hydrogens is 278 g/mol. The average Bonchev–Trinajstić information content (AvgIpc) is 2.87. The van der Waals surface area contributed by atoms with E-state index in [1.165, 1.54) is 0 Å². The highest BCUT2D eigenvalue weighted by molar-refractivity contribution is 7.99. The number of nitrogens with one attached hydrogen (secondary N) is 2. The van der Waals surface area contributed by atoms with Gasteiger partial charge in [-0.2, -0.15) is 11.8 Å². The molecule has 1 amide bonds. The molecule has 6 heteroatoms. The number of carbonyl (C=O) groups excluding carboxylic acids is 1. The van der Waals surface area contributed by atoms with E-state index in [0.717, 1.165) is 34.0 Å². The predicted molar refractivity (Wildman–Crippen MR) is 82.0 cm³/mol. The van der Waals surface area contributed by atoms with Gasteiger partial charge in [0.25, 0.3) is 0 Å². The summed E-state index contributed by atoms with van der Waals surface area (Å²) in [6.45, 7) is 0.995. The van der Waals surface area contributed by atoms with E-state index in [0.29, 0.717) is 12.5 Å². The maximum atomic E-state index is 12.0. The van der Waals surface area contributed by atoms with Gasteiger partial charge in [0.05, 0.1) is 15.7 Å². The Hall–Kier alpha value is -1.11. The molecule has 0 aliphatic carbocycles. The Morgan fingerprint density at radius 1 is 1.53 bits per heavy atom. The number of amides is 1. The summed E-state index contributed by atoms with van der Waals surface area (Å²) in [5.41, 5.74) is 3.65. The van der Waals surface area contributed by atoms with E-state index in [9.17, 15) is 4.79 Å². The molecule has 1 unspecified atom stereocenters. The molecule has 100 valence electrons. The Balaban J connectivity index is 1.61. The van der Waals surface area contributed by atoms with Gasteiger partial charge in [-0.1, -0.05) is 0 Å². The molecule has 2 N–H and O–H groups in total. The van der Waals surface area contributed by atoms with Gasteiger partial charge >= 0.3 is 0 Å². The van der Waals surface area contributed by atoms with Gasteiger partial charge in [-0.15, -0.1) is 11.3 Å². The van der Waals surface area contributed by atoms with E-state index in [4.69, 9.17) is 0 Å². The van der Waals surface area contributed by atoms with Gasteiger partial charge in [-0.25, -0.2) is 4.98 Å². The lowest BCUT2D eigenvalue weighted by Crippen LogP contribution is -2.39. The molecule has 4 nitrogen and oxygen atoms in total. The Morgan fingerprint density at radius 2 is 2.47 bits per heavy atom. The molecule has 0 saturated carbocycles. The zero-order valence-electron chi connectivity index (χ0n) is 10.4. The third kappa shape index (κ3) is 3.26. The fourth-order valence-corrected chi connectivity index (χ4v) is 3.78. The standard InChI is InChI=1S/C13H15N3OS2/c17-13(6-10-7-18-4-3-14-10)16-9-1-2-11-12(5-9)19-8-15-11/h1-2,5,8,10,14H,3-4,6-7H2,(H,16,17). The molecule has 0 spiro atoms. The quantitative estimate of drug-likeness (QED) is 0.912. The summed E-state index contributed by atoms with van der Waals surface area (Å²) in [5.74, 6) is 2.23. The summed E-state index contributed by atoms with van der Waals surface area (Å²) in [7, 11) is 0. The van der Waals surface area contributed by atoms with Crippen molar-refractivity contribution in [3.63, 3.8) is 0 Å². The molecule has 1 saturated heterocycles. The second-order valence-corrected chi connectivity index (χ2v) is 6.55. The summed E-state index contributed by atoms with van der Waals surface area (Å²) in [5, 5.41) is 6.33. The van der Waals surface area contributed by atoms with Gasteiger partial charge in [0, 0.05) is 36.2 Å². The van der Waals surface area contributed by atoms with Crippen LogP contribution in [0.25, 0.3) is 10.2 Å². The van der Waals surface area contributed by atoms with Crippen LogP contribution >= 0.6 is 23.1 Å². The third-order valence-corrected chi connectivity index (χ3v) is 4.97. The van der Waals surface area contributed by atoms with Crippen molar-refractivity contribution >= 4 is 44.9 Å². The van der Waals surface area contributed by atoms with Crippen LogP contribution < -0.4 is 10.6 Å². The van der Waals surface area contributed by atoms with E-state index in [1.54, 1.807) is 11.3 Å². The monoisotopic (exact) mass is 293 g/mol. The Kier molecular flexibility index (Phi) is 4.00. The fraction of sp³-hybridized carbons (Fsp3) is 0.385. The summed E-state index contributed by atoms with van der Waals surface area (Å²) in [6, 6.07) is 6.12. The molecule has 0 radical (unpaired) electrons. The largest absolute Gasteiger partial charge is 0.326 e. The Bertz CT molecular complexity index is 578. The zero-order chi connectivity index (χ0) is 13.1. The molecule has 2 aromatic rings. The van der Waals surface area contributed by atoms with Crippen LogP contribution in [-0.2, 0) is 4.79 Å². The molecule has 1 aliphatic rings. The van der Waals surface area contributed by atoms with E-state index in [1.807, 2.05) is 35.5 Å².